The molecule has 3 unspecified atom stereocenters. The minimum atomic E-state index is -0.276. The summed E-state index contributed by atoms with van der Waals surface area (Å²) in [5.41, 5.74) is 0. The number of morpholine rings is 1. The molecule has 5 nitrogen and oxygen atoms in total. The van der Waals surface area contributed by atoms with Crippen molar-refractivity contribution in [1.82, 2.24) is 4.90 Å². The van der Waals surface area contributed by atoms with Gasteiger partial charge in [0.15, 0.2) is 0 Å². The highest BCUT2D eigenvalue weighted by molar-refractivity contribution is 5.79. The van der Waals surface area contributed by atoms with Gasteiger partial charge < -0.3 is 14.4 Å². The molecule has 106 valence electrons. The minimum Gasteiger partial charge on any atom is -0.469 e. The zero-order valence-corrected chi connectivity index (χ0v) is 11.3. The summed E-state index contributed by atoms with van der Waals surface area (Å²) in [5, 5.41) is 0. The Bertz CT molecular complexity index is 374. The fourth-order valence-corrected chi connectivity index (χ4v) is 3.49. The summed E-state index contributed by atoms with van der Waals surface area (Å²) in [6.45, 7) is 1.70. The van der Waals surface area contributed by atoms with Crippen LogP contribution in [0.1, 0.15) is 25.7 Å². The van der Waals surface area contributed by atoms with E-state index in [1.165, 1.54) is 13.5 Å². The van der Waals surface area contributed by atoms with Gasteiger partial charge in [-0.05, 0) is 31.1 Å². The molecule has 3 aliphatic rings. The highest BCUT2D eigenvalue weighted by atomic mass is 16.5. The predicted octanol–water partition coefficient (Wildman–Crippen LogP) is 0.823. The van der Waals surface area contributed by atoms with Crippen molar-refractivity contribution in [3.8, 4) is 0 Å². The average molecular weight is 267 g/mol. The second-order valence-electron chi connectivity index (χ2n) is 5.98. The Hall–Kier alpha value is -1.10. The number of methoxy groups -OCH3 is 1. The van der Waals surface area contributed by atoms with Crippen LogP contribution in [0.5, 0.6) is 0 Å². The van der Waals surface area contributed by atoms with E-state index in [9.17, 15) is 9.59 Å². The van der Waals surface area contributed by atoms with Crippen molar-refractivity contribution in [2.75, 3.05) is 26.8 Å². The maximum Gasteiger partial charge on any atom is 0.308 e. The van der Waals surface area contributed by atoms with Gasteiger partial charge in [0.05, 0.1) is 26.2 Å². The topological polar surface area (TPSA) is 55.8 Å². The Labute approximate surface area is 113 Å². The van der Waals surface area contributed by atoms with E-state index in [0.717, 1.165) is 24.7 Å². The van der Waals surface area contributed by atoms with Crippen LogP contribution in [0.3, 0.4) is 0 Å². The largest absolute Gasteiger partial charge is 0.469 e. The van der Waals surface area contributed by atoms with Gasteiger partial charge >= 0.3 is 5.97 Å². The molecule has 0 radical (unpaired) electrons. The summed E-state index contributed by atoms with van der Waals surface area (Å²) in [7, 11) is 1.37. The second kappa shape index (κ2) is 5.12. The van der Waals surface area contributed by atoms with Gasteiger partial charge in [-0.15, -0.1) is 0 Å². The van der Waals surface area contributed by atoms with E-state index < -0.39 is 0 Å². The molecule has 0 aromatic heterocycles. The first-order valence-corrected chi connectivity index (χ1v) is 7.14. The molecule has 0 bridgehead atoms. The van der Waals surface area contributed by atoms with Crippen LogP contribution in [0.15, 0.2) is 0 Å². The summed E-state index contributed by atoms with van der Waals surface area (Å²) in [5.74, 6) is 1.86. The molecule has 1 amide bonds. The lowest BCUT2D eigenvalue weighted by atomic mass is 10.0. The smallest absolute Gasteiger partial charge is 0.308 e. The average Bonchev–Trinajstić information content (AvgIpc) is 3.04. The first-order valence-electron chi connectivity index (χ1n) is 7.14. The molecule has 0 aromatic carbocycles. The fourth-order valence-electron chi connectivity index (χ4n) is 3.49. The SMILES string of the molecule is COC(=O)CC1CN(C(=O)C2CC3CC3C2)CCO1. The number of esters is 1. The molecule has 0 N–H and O–H groups in total. The van der Waals surface area contributed by atoms with Gasteiger partial charge in [0, 0.05) is 19.0 Å². The molecular weight excluding hydrogens is 246 g/mol. The molecule has 3 atom stereocenters. The predicted molar refractivity (Wildman–Crippen MR) is 67.3 cm³/mol. The van der Waals surface area contributed by atoms with E-state index in [2.05, 4.69) is 4.74 Å². The Morgan fingerprint density at radius 2 is 2.00 bits per heavy atom. The molecule has 19 heavy (non-hydrogen) atoms. The number of rotatable bonds is 3. The standard InChI is InChI=1S/C14H21NO4/c1-18-13(16)7-12-8-15(2-3-19-12)14(17)11-5-9-4-10(9)6-11/h9-12H,2-8H2,1H3. The van der Waals surface area contributed by atoms with Crippen LogP contribution in [-0.2, 0) is 19.1 Å². The van der Waals surface area contributed by atoms with E-state index >= 15 is 0 Å². The van der Waals surface area contributed by atoms with Crippen LogP contribution >= 0.6 is 0 Å². The van der Waals surface area contributed by atoms with Gasteiger partial charge in [0.2, 0.25) is 5.91 Å². The number of hydrogen-bond donors (Lipinski definition) is 0. The molecule has 1 saturated heterocycles. The quantitative estimate of drug-likeness (QED) is 0.711. The van der Waals surface area contributed by atoms with Crippen molar-refractivity contribution in [2.45, 2.75) is 31.8 Å². The zero-order valence-electron chi connectivity index (χ0n) is 11.3. The van der Waals surface area contributed by atoms with Gasteiger partial charge in [0.1, 0.15) is 0 Å². The monoisotopic (exact) mass is 267 g/mol. The number of carbonyl (C=O) groups excluding carboxylic acids is 2. The normalized spacial score (nSPS) is 36.8. The summed E-state index contributed by atoms with van der Waals surface area (Å²) in [4.78, 5) is 25.6. The Morgan fingerprint density at radius 1 is 1.26 bits per heavy atom. The molecule has 1 aliphatic heterocycles. The van der Waals surface area contributed by atoms with Crippen LogP contribution in [0, 0.1) is 17.8 Å². The van der Waals surface area contributed by atoms with Gasteiger partial charge in [0.25, 0.3) is 0 Å². The molecule has 5 heteroatoms. The molecule has 2 aliphatic carbocycles. The van der Waals surface area contributed by atoms with Crippen LogP contribution in [-0.4, -0.2) is 49.7 Å². The number of fused-ring (bicyclic) bond motifs is 1. The molecule has 0 spiro atoms. The van der Waals surface area contributed by atoms with Crippen molar-refractivity contribution in [2.24, 2.45) is 17.8 Å². The van der Waals surface area contributed by atoms with Crippen molar-refractivity contribution in [3.63, 3.8) is 0 Å². The number of hydrogen-bond acceptors (Lipinski definition) is 4. The number of ether oxygens (including phenoxy) is 2. The van der Waals surface area contributed by atoms with Crippen LogP contribution in [0.4, 0.5) is 0 Å². The van der Waals surface area contributed by atoms with E-state index in [-0.39, 0.29) is 30.3 Å². The lowest BCUT2D eigenvalue weighted by molar-refractivity contribution is -0.151. The third-order valence-corrected chi connectivity index (χ3v) is 4.67. The maximum atomic E-state index is 12.4. The third kappa shape index (κ3) is 2.76. The van der Waals surface area contributed by atoms with Gasteiger partial charge in [-0.25, -0.2) is 0 Å². The first-order chi connectivity index (χ1) is 9.17. The fraction of sp³-hybridized carbons (Fsp3) is 0.857. The molecule has 3 fully saturated rings. The lowest BCUT2D eigenvalue weighted by Crippen LogP contribution is -2.48. The molecule has 1 heterocycles. The Morgan fingerprint density at radius 3 is 2.68 bits per heavy atom. The molecule has 2 saturated carbocycles. The molecule has 3 rings (SSSR count). The van der Waals surface area contributed by atoms with E-state index in [1.807, 2.05) is 4.90 Å². The third-order valence-electron chi connectivity index (χ3n) is 4.67. The van der Waals surface area contributed by atoms with Crippen molar-refractivity contribution in [3.05, 3.63) is 0 Å². The maximum absolute atomic E-state index is 12.4. The zero-order chi connectivity index (χ0) is 13.4. The van der Waals surface area contributed by atoms with E-state index in [0.29, 0.717) is 19.7 Å². The Kier molecular flexibility index (Phi) is 3.48. The summed E-state index contributed by atoms with van der Waals surface area (Å²) in [6.07, 6.45) is 3.50. The van der Waals surface area contributed by atoms with Crippen molar-refractivity contribution < 1.29 is 19.1 Å². The van der Waals surface area contributed by atoms with Gasteiger partial charge in [-0.3, -0.25) is 9.59 Å². The summed E-state index contributed by atoms with van der Waals surface area (Å²) >= 11 is 0. The van der Waals surface area contributed by atoms with E-state index in [1.54, 1.807) is 0 Å². The van der Waals surface area contributed by atoms with Crippen LogP contribution in [0.25, 0.3) is 0 Å². The van der Waals surface area contributed by atoms with Crippen molar-refractivity contribution in [1.29, 1.82) is 0 Å². The van der Waals surface area contributed by atoms with Gasteiger partial charge in [-0.1, -0.05) is 0 Å². The first kappa shape index (κ1) is 12.9. The minimum absolute atomic E-state index is 0.207. The number of carbonyl (C=O) groups is 2. The second-order valence-corrected chi connectivity index (χ2v) is 5.98. The summed E-state index contributed by atoms with van der Waals surface area (Å²) < 4.78 is 10.2. The summed E-state index contributed by atoms with van der Waals surface area (Å²) in [6, 6.07) is 0. The molecular formula is C14H21NO4. The lowest BCUT2D eigenvalue weighted by Gasteiger charge is -2.34. The van der Waals surface area contributed by atoms with Crippen molar-refractivity contribution >= 4 is 11.9 Å². The van der Waals surface area contributed by atoms with Gasteiger partial charge in [-0.2, -0.15) is 0 Å². The van der Waals surface area contributed by atoms with Crippen LogP contribution < -0.4 is 0 Å². The van der Waals surface area contributed by atoms with Crippen LogP contribution in [0.2, 0.25) is 0 Å². The number of amides is 1. The van der Waals surface area contributed by atoms with E-state index in [4.69, 9.17) is 4.74 Å². The number of nitrogens with zero attached hydrogens (tertiary/aromatic N) is 1. The highest BCUT2D eigenvalue weighted by Gasteiger charge is 2.49. The Balaban J connectivity index is 1.52. The molecule has 0 aromatic rings. The highest BCUT2D eigenvalue weighted by Crippen LogP contribution is 2.54.